The molecule has 0 bridgehead atoms. The Hall–Kier alpha value is -1.79. The fraction of sp³-hybridized carbons (Fsp3) is 0.682. The Morgan fingerprint density at radius 1 is 1.11 bits per heavy atom. The van der Waals surface area contributed by atoms with Crippen molar-refractivity contribution in [3.8, 4) is 0 Å². The summed E-state index contributed by atoms with van der Waals surface area (Å²) in [5.74, 6) is 0.859. The highest BCUT2D eigenvalue weighted by molar-refractivity contribution is 5.79. The number of rotatable bonds is 9. The summed E-state index contributed by atoms with van der Waals surface area (Å²) in [5.41, 5.74) is 2.58. The summed E-state index contributed by atoms with van der Waals surface area (Å²) in [6.45, 7) is 15.3. The van der Waals surface area contributed by atoms with Crippen LogP contribution in [-0.2, 0) is 11.3 Å². The van der Waals surface area contributed by atoms with Crippen LogP contribution in [-0.4, -0.2) is 69.4 Å². The highest BCUT2D eigenvalue weighted by atomic mass is 16.5. The van der Waals surface area contributed by atoms with E-state index in [2.05, 4.69) is 77.4 Å². The minimum Gasteiger partial charge on any atom is -0.378 e. The van der Waals surface area contributed by atoms with Gasteiger partial charge in [0.1, 0.15) is 0 Å². The lowest BCUT2D eigenvalue weighted by atomic mass is 10.1. The van der Waals surface area contributed by atoms with E-state index < -0.39 is 0 Å². The van der Waals surface area contributed by atoms with Crippen molar-refractivity contribution in [1.82, 2.24) is 15.5 Å². The molecule has 0 aromatic heterocycles. The van der Waals surface area contributed by atoms with Gasteiger partial charge in [-0.1, -0.05) is 18.2 Å². The maximum atomic E-state index is 5.49. The first-order valence-corrected chi connectivity index (χ1v) is 10.6. The Labute approximate surface area is 171 Å². The molecule has 1 aromatic carbocycles. The minimum atomic E-state index is 0.578. The van der Waals surface area contributed by atoms with Gasteiger partial charge in [-0.05, 0) is 45.7 Å². The highest BCUT2D eigenvalue weighted by Gasteiger charge is 2.15. The third kappa shape index (κ3) is 6.99. The summed E-state index contributed by atoms with van der Waals surface area (Å²) in [7, 11) is 1.83. The highest BCUT2D eigenvalue weighted by Crippen LogP contribution is 2.21. The number of ether oxygens (including phenoxy) is 1. The van der Waals surface area contributed by atoms with Gasteiger partial charge in [-0.15, -0.1) is 0 Å². The molecule has 0 radical (unpaired) electrons. The van der Waals surface area contributed by atoms with Crippen LogP contribution in [0.25, 0.3) is 0 Å². The molecule has 158 valence electrons. The zero-order chi connectivity index (χ0) is 20.4. The van der Waals surface area contributed by atoms with Crippen LogP contribution in [0.3, 0.4) is 0 Å². The van der Waals surface area contributed by atoms with Crippen LogP contribution in [0.15, 0.2) is 29.3 Å². The molecule has 2 rings (SSSR count). The van der Waals surface area contributed by atoms with Crippen LogP contribution in [0.5, 0.6) is 0 Å². The molecule has 0 aliphatic carbocycles. The van der Waals surface area contributed by atoms with Gasteiger partial charge >= 0.3 is 0 Å². The van der Waals surface area contributed by atoms with Crippen molar-refractivity contribution in [2.75, 3.05) is 51.3 Å². The quantitative estimate of drug-likeness (QED) is 0.386. The monoisotopic (exact) mass is 389 g/mol. The molecule has 0 spiro atoms. The minimum absolute atomic E-state index is 0.578. The van der Waals surface area contributed by atoms with Gasteiger partial charge in [0.25, 0.3) is 0 Å². The van der Waals surface area contributed by atoms with Gasteiger partial charge < -0.3 is 20.3 Å². The number of benzene rings is 1. The number of nitrogens with zero attached hydrogens (tertiary/aromatic N) is 3. The van der Waals surface area contributed by atoms with E-state index in [4.69, 9.17) is 4.74 Å². The standard InChI is InChI=1S/C22H39N5O/c1-18(2)27(19(3)4)12-8-11-24-22(23-5)25-17-20-9-6-7-10-21(20)26-13-15-28-16-14-26/h6-7,9-10,18-19H,8,11-17H2,1-5H3,(H2,23,24,25). The van der Waals surface area contributed by atoms with E-state index in [9.17, 15) is 0 Å². The molecule has 0 saturated carbocycles. The van der Waals surface area contributed by atoms with E-state index in [1.54, 1.807) is 0 Å². The summed E-state index contributed by atoms with van der Waals surface area (Å²) in [4.78, 5) is 9.31. The Morgan fingerprint density at radius 3 is 2.43 bits per heavy atom. The molecule has 0 unspecified atom stereocenters. The molecule has 1 heterocycles. The van der Waals surface area contributed by atoms with Gasteiger partial charge in [0.15, 0.2) is 5.96 Å². The van der Waals surface area contributed by atoms with Gasteiger partial charge in [-0.2, -0.15) is 0 Å². The Morgan fingerprint density at radius 2 is 1.79 bits per heavy atom. The largest absolute Gasteiger partial charge is 0.378 e. The molecule has 1 saturated heterocycles. The van der Waals surface area contributed by atoms with E-state index in [1.807, 2.05) is 7.05 Å². The third-order valence-electron chi connectivity index (χ3n) is 5.23. The van der Waals surface area contributed by atoms with Crippen molar-refractivity contribution in [3.63, 3.8) is 0 Å². The van der Waals surface area contributed by atoms with Crippen LogP contribution in [0.4, 0.5) is 5.69 Å². The molecule has 0 amide bonds. The lowest BCUT2D eigenvalue weighted by molar-refractivity contribution is 0.122. The first-order valence-electron chi connectivity index (χ1n) is 10.6. The summed E-state index contributed by atoms with van der Waals surface area (Å²) in [5, 5.41) is 6.92. The number of aliphatic imine (C=N–C) groups is 1. The van der Waals surface area contributed by atoms with Crippen molar-refractivity contribution >= 4 is 11.6 Å². The van der Waals surface area contributed by atoms with Crippen molar-refractivity contribution in [3.05, 3.63) is 29.8 Å². The van der Waals surface area contributed by atoms with E-state index in [0.717, 1.165) is 58.3 Å². The van der Waals surface area contributed by atoms with Crippen LogP contribution in [0.1, 0.15) is 39.7 Å². The van der Waals surface area contributed by atoms with Gasteiger partial charge in [0.2, 0.25) is 0 Å². The Bertz CT molecular complexity index is 588. The predicted molar refractivity (Wildman–Crippen MR) is 119 cm³/mol. The number of nitrogens with one attached hydrogen (secondary N) is 2. The molecular weight excluding hydrogens is 350 g/mol. The summed E-state index contributed by atoms with van der Waals surface area (Å²) >= 11 is 0. The van der Waals surface area contributed by atoms with Crippen molar-refractivity contribution in [2.24, 2.45) is 4.99 Å². The molecule has 0 atom stereocenters. The van der Waals surface area contributed by atoms with Gasteiger partial charge in [0.05, 0.1) is 13.2 Å². The predicted octanol–water partition coefficient (Wildman–Crippen LogP) is 2.70. The smallest absolute Gasteiger partial charge is 0.191 e. The molecule has 6 nitrogen and oxygen atoms in total. The molecule has 1 aliphatic rings. The van der Waals surface area contributed by atoms with E-state index in [-0.39, 0.29) is 0 Å². The Kier molecular flexibility index (Phi) is 9.58. The molecular formula is C22H39N5O. The topological polar surface area (TPSA) is 52.1 Å². The molecule has 1 fully saturated rings. The molecule has 2 N–H and O–H groups in total. The lowest BCUT2D eigenvalue weighted by Crippen LogP contribution is -2.41. The van der Waals surface area contributed by atoms with E-state index >= 15 is 0 Å². The maximum Gasteiger partial charge on any atom is 0.191 e. The summed E-state index contributed by atoms with van der Waals surface area (Å²) in [6.07, 6.45) is 1.10. The number of anilines is 1. The first kappa shape index (κ1) is 22.5. The van der Waals surface area contributed by atoms with Crippen molar-refractivity contribution in [2.45, 2.75) is 52.7 Å². The zero-order valence-electron chi connectivity index (χ0n) is 18.4. The molecule has 1 aromatic rings. The van der Waals surface area contributed by atoms with Crippen LogP contribution < -0.4 is 15.5 Å². The lowest BCUT2D eigenvalue weighted by Gasteiger charge is -2.31. The number of hydrogen-bond donors (Lipinski definition) is 2. The molecule has 1 aliphatic heterocycles. The summed E-state index contributed by atoms with van der Waals surface area (Å²) in [6, 6.07) is 9.75. The fourth-order valence-electron chi connectivity index (χ4n) is 3.75. The zero-order valence-corrected chi connectivity index (χ0v) is 18.4. The SMILES string of the molecule is CN=C(NCCCN(C(C)C)C(C)C)NCc1ccccc1N1CCOCC1. The van der Waals surface area contributed by atoms with Crippen molar-refractivity contribution < 1.29 is 4.74 Å². The summed E-state index contributed by atoms with van der Waals surface area (Å²) < 4.78 is 5.49. The molecule has 28 heavy (non-hydrogen) atoms. The number of para-hydroxylation sites is 1. The second-order valence-electron chi connectivity index (χ2n) is 7.86. The number of morpholine rings is 1. The second kappa shape index (κ2) is 11.9. The molecule has 6 heteroatoms. The van der Waals surface area contributed by atoms with Gasteiger partial charge in [-0.3, -0.25) is 9.89 Å². The van der Waals surface area contributed by atoms with Gasteiger partial charge in [-0.25, -0.2) is 0 Å². The number of guanidine groups is 1. The fourth-order valence-corrected chi connectivity index (χ4v) is 3.75. The van der Waals surface area contributed by atoms with Crippen LogP contribution in [0.2, 0.25) is 0 Å². The second-order valence-corrected chi connectivity index (χ2v) is 7.86. The van der Waals surface area contributed by atoms with E-state index in [0.29, 0.717) is 12.1 Å². The van der Waals surface area contributed by atoms with Crippen LogP contribution in [0, 0.1) is 0 Å². The number of hydrogen-bond acceptors (Lipinski definition) is 4. The van der Waals surface area contributed by atoms with Gasteiger partial charge in [0, 0.05) is 57.5 Å². The van der Waals surface area contributed by atoms with Crippen LogP contribution >= 0.6 is 0 Å². The Balaban J connectivity index is 1.81. The average molecular weight is 390 g/mol. The first-order chi connectivity index (χ1) is 13.5. The van der Waals surface area contributed by atoms with E-state index in [1.165, 1.54) is 11.3 Å². The average Bonchev–Trinajstić information content (AvgIpc) is 2.70. The maximum absolute atomic E-state index is 5.49. The van der Waals surface area contributed by atoms with Crippen molar-refractivity contribution in [1.29, 1.82) is 0 Å². The third-order valence-corrected chi connectivity index (χ3v) is 5.23. The normalized spacial score (nSPS) is 15.6.